The number of anilines is 1. The standard InChI is InChI=1S/C18H21ClN2O4S/c1-12-4-7-17(13(2)10-12)25-9-8-20-18(22)15-6-5-14(11-16(15)19)21-26(3,23)24/h4-7,10-11,21H,8-9H2,1-3H3,(H,20,22). The second-order valence-electron chi connectivity index (χ2n) is 5.94. The first-order valence-corrected chi connectivity index (χ1v) is 10.2. The summed E-state index contributed by atoms with van der Waals surface area (Å²) in [7, 11) is -3.40. The Hall–Kier alpha value is -2.25. The smallest absolute Gasteiger partial charge is 0.252 e. The van der Waals surface area contributed by atoms with E-state index in [1.807, 2.05) is 32.0 Å². The first-order valence-electron chi connectivity index (χ1n) is 7.91. The molecular formula is C18H21ClN2O4S. The van der Waals surface area contributed by atoms with Crippen LogP contribution in [0.3, 0.4) is 0 Å². The lowest BCUT2D eigenvalue weighted by Crippen LogP contribution is -2.28. The van der Waals surface area contributed by atoms with Gasteiger partial charge in [0.2, 0.25) is 10.0 Å². The minimum absolute atomic E-state index is 0.159. The van der Waals surface area contributed by atoms with E-state index in [-0.39, 0.29) is 16.5 Å². The number of benzene rings is 2. The molecule has 140 valence electrons. The summed E-state index contributed by atoms with van der Waals surface area (Å²) in [4.78, 5) is 12.2. The van der Waals surface area contributed by atoms with Crippen LogP contribution in [0.4, 0.5) is 5.69 Å². The average molecular weight is 397 g/mol. The van der Waals surface area contributed by atoms with E-state index in [4.69, 9.17) is 16.3 Å². The van der Waals surface area contributed by atoms with E-state index in [2.05, 4.69) is 10.0 Å². The summed E-state index contributed by atoms with van der Waals surface area (Å²) in [6.45, 7) is 4.61. The maximum Gasteiger partial charge on any atom is 0.252 e. The van der Waals surface area contributed by atoms with E-state index in [9.17, 15) is 13.2 Å². The third-order valence-corrected chi connectivity index (χ3v) is 4.41. The van der Waals surface area contributed by atoms with Crippen LogP contribution in [-0.4, -0.2) is 33.7 Å². The Kier molecular flexibility index (Phi) is 6.50. The number of aryl methyl sites for hydroxylation is 2. The lowest BCUT2D eigenvalue weighted by Gasteiger charge is -2.11. The molecule has 0 heterocycles. The molecule has 1 amide bonds. The molecule has 6 nitrogen and oxygen atoms in total. The molecular weight excluding hydrogens is 376 g/mol. The fourth-order valence-corrected chi connectivity index (χ4v) is 3.18. The Morgan fingerprint density at radius 3 is 2.50 bits per heavy atom. The summed E-state index contributed by atoms with van der Waals surface area (Å²) < 4.78 is 30.4. The van der Waals surface area contributed by atoms with E-state index in [1.54, 1.807) is 0 Å². The molecule has 0 spiro atoms. The maximum absolute atomic E-state index is 12.2. The molecule has 0 aliphatic rings. The van der Waals surface area contributed by atoms with Crippen LogP contribution in [-0.2, 0) is 10.0 Å². The first kappa shape index (κ1) is 20.1. The van der Waals surface area contributed by atoms with Crippen molar-refractivity contribution in [3.05, 3.63) is 58.1 Å². The van der Waals surface area contributed by atoms with Crippen LogP contribution < -0.4 is 14.8 Å². The zero-order valence-corrected chi connectivity index (χ0v) is 16.4. The number of nitrogens with one attached hydrogen (secondary N) is 2. The topological polar surface area (TPSA) is 84.5 Å². The number of amides is 1. The van der Waals surface area contributed by atoms with Crippen molar-refractivity contribution >= 4 is 33.2 Å². The Balaban J connectivity index is 1.89. The summed E-state index contributed by atoms with van der Waals surface area (Å²) in [5.41, 5.74) is 2.75. The van der Waals surface area contributed by atoms with Gasteiger partial charge in [-0.25, -0.2) is 8.42 Å². The number of carbonyl (C=O) groups excluding carboxylic acids is 1. The van der Waals surface area contributed by atoms with Gasteiger partial charge in [0.05, 0.1) is 23.4 Å². The molecule has 0 aliphatic heterocycles. The molecule has 2 N–H and O–H groups in total. The van der Waals surface area contributed by atoms with Crippen LogP contribution in [0.2, 0.25) is 5.02 Å². The molecule has 0 aliphatic carbocycles. The summed E-state index contributed by atoms with van der Waals surface area (Å²) in [5, 5.41) is 2.88. The number of sulfonamides is 1. The zero-order chi connectivity index (χ0) is 19.3. The van der Waals surface area contributed by atoms with Crippen LogP contribution in [0.5, 0.6) is 5.75 Å². The first-order chi connectivity index (χ1) is 12.2. The third kappa shape index (κ3) is 5.93. The van der Waals surface area contributed by atoms with E-state index in [0.717, 1.165) is 23.1 Å². The van der Waals surface area contributed by atoms with Crippen LogP contribution in [0.15, 0.2) is 36.4 Å². The normalized spacial score (nSPS) is 11.1. The fourth-order valence-electron chi connectivity index (χ4n) is 2.36. The molecule has 0 saturated carbocycles. The van der Waals surface area contributed by atoms with Gasteiger partial charge in [-0.15, -0.1) is 0 Å². The highest BCUT2D eigenvalue weighted by Crippen LogP contribution is 2.22. The van der Waals surface area contributed by atoms with Crippen molar-refractivity contribution in [2.75, 3.05) is 24.1 Å². The number of halogens is 1. The molecule has 0 saturated heterocycles. The second kappa shape index (κ2) is 8.42. The highest BCUT2D eigenvalue weighted by molar-refractivity contribution is 7.92. The molecule has 2 rings (SSSR count). The van der Waals surface area contributed by atoms with Gasteiger partial charge in [-0.05, 0) is 43.7 Å². The van der Waals surface area contributed by atoms with Crippen molar-refractivity contribution in [3.8, 4) is 5.75 Å². The van der Waals surface area contributed by atoms with E-state index < -0.39 is 10.0 Å². The third-order valence-electron chi connectivity index (χ3n) is 3.49. The molecule has 2 aromatic rings. The number of hydrogen-bond acceptors (Lipinski definition) is 4. The number of hydrogen-bond donors (Lipinski definition) is 2. The van der Waals surface area contributed by atoms with Gasteiger partial charge in [-0.2, -0.15) is 0 Å². The monoisotopic (exact) mass is 396 g/mol. The molecule has 0 atom stereocenters. The Morgan fingerprint density at radius 2 is 1.88 bits per heavy atom. The number of carbonyl (C=O) groups is 1. The van der Waals surface area contributed by atoms with E-state index >= 15 is 0 Å². The van der Waals surface area contributed by atoms with Gasteiger partial charge in [0, 0.05) is 5.69 Å². The van der Waals surface area contributed by atoms with Crippen molar-refractivity contribution in [2.24, 2.45) is 0 Å². The van der Waals surface area contributed by atoms with Gasteiger partial charge >= 0.3 is 0 Å². The predicted octanol–water partition coefficient (Wildman–Crippen LogP) is 3.14. The largest absolute Gasteiger partial charge is 0.491 e. The van der Waals surface area contributed by atoms with Crippen molar-refractivity contribution < 1.29 is 17.9 Å². The summed E-state index contributed by atoms with van der Waals surface area (Å²) in [6, 6.07) is 10.2. The zero-order valence-electron chi connectivity index (χ0n) is 14.8. The van der Waals surface area contributed by atoms with Crippen LogP contribution in [0.25, 0.3) is 0 Å². The van der Waals surface area contributed by atoms with E-state index in [0.29, 0.717) is 18.8 Å². The minimum Gasteiger partial charge on any atom is -0.491 e. The summed E-state index contributed by atoms with van der Waals surface area (Å²) in [6.07, 6.45) is 1.04. The highest BCUT2D eigenvalue weighted by atomic mass is 35.5. The average Bonchev–Trinajstić information content (AvgIpc) is 2.51. The summed E-state index contributed by atoms with van der Waals surface area (Å²) >= 11 is 6.07. The lowest BCUT2D eigenvalue weighted by molar-refractivity contribution is 0.0947. The van der Waals surface area contributed by atoms with Gasteiger partial charge in [-0.3, -0.25) is 9.52 Å². The highest BCUT2D eigenvalue weighted by Gasteiger charge is 2.12. The van der Waals surface area contributed by atoms with Crippen LogP contribution in [0.1, 0.15) is 21.5 Å². The van der Waals surface area contributed by atoms with Crippen molar-refractivity contribution in [3.63, 3.8) is 0 Å². The van der Waals surface area contributed by atoms with Crippen molar-refractivity contribution in [1.82, 2.24) is 5.32 Å². The lowest BCUT2D eigenvalue weighted by atomic mass is 10.1. The summed E-state index contributed by atoms with van der Waals surface area (Å²) in [5.74, 6) is 0.421. The second-order valence-corrected chi connectivity index (χ2v) is 8.10. The van der Waals surface area contributed by atoms with E-state index in [1.165, 1.54) is 18.2 Å². The number of ether oxygens (including phenoxy) is 1. The van der Waals surface area contributed by atoms with Crippen LogP contribution in [0, 0.1) is 13.8 Å². The Bertz CT molecular complexity index is 913. The molecule has 0 aromatic heterocycles. The van der Waals surface area contributed by atoms with Gasteiger partial charge < -0.3 is 10.1 Å². The SMILES string of the molecule is Cc1ccc(OCCNC(=O)c2ccc(NS(C)(=O)=O)cc2Cl)c(C)c1. The molecule has 0 radical (unpaired) electrons. The number of rotatable bonds is 7. The van der Waals surface area contributed by atoms with Gasteiger partial charge in [0.25, 0.3) is 5.91 Å². The van der Waals surface area contributed by atoms with Gasteiger partial charge in [0.15, 0.2) is 0 Å². The van der Waals surface area contributed by atoms with Crippen molar-refractivity contribution in [1.29, 1.82) is 0 Å². The predicted molar refractivity (Wildman–Crippen MR) is 104 cm³/mol. The molecule has 8 heteroatoms. The quantitative estimate of drug-likeness (QED) is 0.704. The molecule has 0 unspecified atom stereocenters. The van der Waals surface area contributed by atoms with Crippen molar-refractivity contribution in [2.45, 2.75) is 13.8 Å². The Labute approximate surface area is 158 Å². The fraction of sp³-hybridized carbons (Fsp3) is 0.278. The van der Waals surface area contributed by atoms with Crippen LogP contribution >= 0.6 is 11.6 Å². The molecule has 2 aromatic carbocycles. The molecule has 0 bridgehead atoms. The van der Waals surface area contributed by atoms with Gasteiger partial charge in [-0.1, -0.05) is 29.3 Å². The Morgan fingerprint density at radius 1 is 1.15 bits per heavy atom. The molecule has 0 fully saturated rings. The molecule has 26 heavy (non-hydrogen) atoms. The van der Waals surface area contributed by atoms with Gasteiger partial charge in [0.1, 0.15) is 12.4 Å². The minimum atomic E-state index is -3.40. The maximum atomic E-state index is 12.2.